The maximum atomic E-state index is 13.5. The van der Waals surface area contributed by atoms with Crippen molar-refractivity contribution in [3.63, 3.8) is 0 Å². The second kappa shape index (κ2) is 6.68. The molecule has 3 heterocycles. The molecular formula is C22H17ClFNO4. The molecule has 29 heavy (non-hydrogen) atoms. The van der Waals surface area contributed by atoms with Gasteiger partial charge in [-0.15, -0.1) is 0 Å². The van der Waals surface area contributed by atoms with E-state index in [1.54, 1.807) is 0 Å². The van der Waals surface area contributed by atoms with Crippen LogP contribution in [0.3, 0.4) is 0 Å². The molecule has 5 rings (SSSR count). The maximum Gasteiger partial charge on any atom is 0.313 e. The van der Waals surface area contributed by atoms with Crippen molar-refractivity contribution in [2.45, 2.75) is 18.3 Å². The molecule has 0 N–H and O–H groups in total. The predicted octanol–water partition coefficient (Wildman–Crippen LogP) is 3.51. The molecule has 148 valence electrons. The van der Waals surface area contributed by atoms with Crippen LogP contribution >= 0.6 is 11.6 Å². The normalized spacial score (nSPS) is 29.4. The summed E-state index contributed by atoms with van der Waals surface area (Å²) in [6.07, 6.45) is 3.19. The van der Waals surface area contributed by atoms with Gasteiger partial charge in [0.25, 0.3) is 0 Å². The van der Waals surface area contributed by atoms with E-state index in [0.717, 1.165) is 5.56 Å². The Hall–Kier alpha value is -2.70. The van der Waals surface area contributed by atoms with Gasteiger partial charge in [0.2, 0.25) is 5.91 Å². The van der Waals surface area contributed by atoms with Crippen LogP contribution in [-0.2, 0) is 25.7 Å². The molecule has 2 bridgehead atoms. The van der Waals surface area contributed by atoms with Gasteiger partial charge in [0.1, 0.15) is 23.9 Å². The summed E-state index contributed by atoms with van der Waals surface area (Å²) >= 11 is 5.88. The molecule has 2 saturated heterocycles. The summed E-state index contributed by atoms with van der Waals surface area (Å²) in [6.45, 7) is 0.381. The first-order chi connectivity index (χ1) is 14.0. The first-order valence-corrected chi connectivity index (χ1v) is 9.70. The summed E-state index contributed by atoms with van der Waals surface area (Å²) in [5.74, 6) is -2.65. The highest BCUT2D eigenvalue weighted by Crippen LogP contribution is 2.53. The highest BCUT2D eigenvalue weighted by molar-refractivity contribution is 6.31. The Balaban J connectivity index is 1.39. The van der Waals surface area contributed by atoms with Gasteiger partial charge in [0.05, 0.1) is 23.6 Å². The van der Waals surface area contributed by atoms with Gasteiger partial charge in [-0.25, -0.2) is 4.39 Å². The Morgan fingerprint density at radius 1 is 1.28 bits per heavy atom. The van der Waals surface area contributed by atoms with Gasteiger partial charge in [-0.05, 0) is 23.8 Å². The van der Waals surface area contributed by atoms with Crippen molar-refractivity contribution in [3.8, 4) is 0 Å². The molecule has 3 aliphatic heterocycles. The van der Waals surface area contributed by atoms with Gasteiger partial charge in [0, 0.05) is 5.69 Å². The van der Waals surface area contributed by atoms with E-state index in [9.17, 15) is 14.0 Å². The number of amides is 1. The van der Waals surface area contributed by atoms with Crippen molar-refractivity contribution in [3.05, 3.63) is 77.1 Å². The lowest BCUT2D eigenvalue weighted by molar-refractivity contribution is -0.153. The number of fused-ring (bicyclic) bond motifs is 1. The molecule has 0 saturated carbocycles. The second-order valence-corrected chi connectivity index (χ2v) is 7.92. The van der Waals surface area contributed by atoms with Crippen molar-refractivity contribution in [2.24, 2.45) is 11.8 Å². The zero-order chi connectivity index (χ0) is 20.2. The van der Waals surface area contributed by atoms with Crippen molar-refractivity contribution in [1.82, 2.24) is 0 Å². The minimum Gasteiger partial charge on any atom is -0.460 e. The van der Waals surface area contributed by atoms with Crippen molar-refractivity contribution >= 4 is 29.2 Å². The van der Waals surface area contributed by atoms with Gasteiger partial charge < -0.3 is 14.4 Å². The van der Waals surface area contributed by atoms with Crippen LogP contribution in [0.2, 0.25) is 5.02 Å². The average molecular weight is 414 g/mol. The lowest BCUT2D eigenvalue weighted by atomic mass is 9.77. The lowest BCUT2D eigenvalue weighted by Gasteiger charge is -2.22. The number of halogens is 2. The first kappa shape index (κ1) is 18.3. The standard InChI is InChI=1S/C22H17ClFNO4/c23-15-10-14(6-7-16(15)24)25-12-22-9-8-17(29-22)18(19(22)20(25)26)21(27)28-11-13-4-2-1-3-5-13/h1-10,17-19H,11-12H2/t17-,18-,19+,22+/m1/s1. The largest absolute Gasteiger partial charge is 0.460 e. The Morgan fingerprint density at radius 3 is 2.83 bits per heavy atom. The van der Waals surface area contributed by atoms with Crippen molar-refractivity contribution in [1.29, 1.82) is 0 Å². The van der Waals surface area contributed by atoms with E-state index >= 15 is 0 Å². The molecule has 3 aliphatic rings. The number of ether oxygens (including phenoxy) is 2. The predicted molar refractivity (Wildman–Crippen MR) is 104 cm³/mol. The fourth-order valence-electron chi connectivity index (χ4n) is 4.46. The molecule has 1 spiro atoms. The van der Waals surface area contributed by atoms with Crippen LogP contribution < -0.4 is 4.90 Å². The zero-order valence-corrected chi connectivity index (χ0v) is 16.0. The molecule has 7 heteroatoms. The summed E-state index contributed by atoms with van der Waals surface area (Å²) < 4.78 is 25.1. The van der Waals surface area contributed by atoms with Crippen LogP contribution in [0, 0.1) is 17.7 Å². The SMILES string of the molecule is O=C(OCc1ccccc1)[C@H]1[C@H]2C(=O)N(c3ccc(F)c(Cl)c3)C[C@@]23C=C[C@H]1O3. The Kier molecular flexibility index (Phi) is 4.22. The second-order valence-electron chi connectivity index (χ2n) is 7.52. The van der Waals surface area contributed by atoms with E-state index in [1.807, 2.05) is 42.5 Å². The fourth-order valence-corrected chi connectivity index (χ4v) is 4.64. The van der Waals surface area contributed by atoms with Crippen molar-refractivity contribution < 1.29 is 23.5 Å². The lowest BCUT2D eigenvalue weighted by Crippen LogP contribution is -2.40. The van der Waals surface area contributed by atoms with Crippen LogP contribution in [0.25, 0.3) is 0 Å². The maximum absolute atomic E-state index is 13.5. The number of esters is 1. The number of rotatable bonds is 4. The highest BCUT2D eigenvalue weighted by atomic mass is 35.5. The Morgan fingerprint density at radius 2 is 2.07 bits per heavy atom. The number of carbonyl (C=O) groups excluding carboxylic acids is 2. The quantitative estimate of drug-likeness (QED) is 0.568. The number of benzene rings is 2. The number of carbonyl (C=O) groups is 2. The average Bonchev–Trinajstić information content (AvgIpc) is 3.37. The van der Waals surface area contributed by atoms with E-state index in [4.69, 9.17) is 21.1 Å². The van der Waals surface area contributed by atoms with Crippen LogP contribution in [0.15, 0.2) is 60.7 Å². The van der Waals surface area contributed by atoms with Gasteiger partial charge in [-0.3, -0.25) is 9.59 Å². The van der Waals surface area contributed by atoms with Crippen molar-refractivity contribution in [2.75, 3.05) is 11.4 Å². The van der Waals surface area contributed by atoms with Crippen LogP contribution in [-0.4, -0.2) is 30.1 Å². The van der Waals surface area contributed by atoms with Gasteiger partial charge in [-0.2, -0.15) is 0 Å². The zero-order valence-electron chi connectivity index (χ0n) is 15.3. The number of hydrogen-bond acceptors (Lipinski definition) is 4. The summed E-state index contributed by atoms with van der Waals surface area (Å²) in [4.78, 5) is 27.6. The first-order valence-electron chi connectivity index (χ1n) is 9.33. The van der Waals surface area contributed by atoms with Crippen LogP contribution in [0.1, 0.15) is 5.56 Å². The number of hydrogen-bond donors (Lipinski definition) is 0. The molecule has 2 aromatic carbocycles. The third-order valence-corrected chi connectivity index (χ3v) is 6.10. The minimum absolute atomic E-state index is 0.0653. The molecule has 0 aliphatic carbocycles. The molecule has 4 atom stereocenters. The van der Waals surface area contributed by atoms with E-state index < -0.39 is 35.3 Å². The molecular weight excluding hydrogens is 397 g/mol. The molecule has 2 aromatic rings. The molecule has 1 amide bonds. The fraction of sp³-hybridized carbons (Fsp3) is 0.273. The summed E-state index contributed by atoms with van der Waals surface area (Å²) in [5.41, 5.74) is 0.469. The third kappa shape index (κ3) is 2.86. The van der Waals surface area contributed by atoms with Gasteiger partial charge >= 0.3 is 5.97 Å². The molecule has 0 radical (unpaired) electrons. The van der Waals surface area contributed by atoms with E-state index in [2.05, 4.69) is 0 Å². The smallest absolute Gasteiger partial charge is 0.313 e. The van der Waals surface area contributed by atoms with Gasteiger partial charge in [-0.1, -0.05) is 54.1 Å². The molecule has 5 nitrogen and oxygen atoms in total. The molecule has 0 aromatic heterocycles. The number of anilines is 1. The highest BCUT2D eigenvalue weighted by Gasteiger charge is 2.67. The summed E-state index contributed by atoms with van der Waals surface area (Å²) in [5, 5.41) is -0.0653. The minimum atomic E-state index is -0.876. The Bertz CT molecular complexity index is 1030. The van der Waals surface area contributed by atoms with E-state index in [0.29, 0.717) is 5.69 Å². The topological polar surface area (TPSA) is 55.8 Å². The van der Waals surface area contributed by atoms with Crippen LogP contribution in [0.4, 0.5) is 10.1 Å². The third-order valence-electron chi connectivity index (χ3n) is 5.81. The summed E-state index contributed by atoms with van der Waals surface area (Å²) in [6, 6.07) is 13.5. The molecule has 0 unspecified atom stereocenters. The Labute approximate surface area is 171 Å². The number of nitrogens with zero attached hydrogens (tertiary/aromatic N) is 1. The monoisotopic (exact) mass is 413 g/mol. The van der Waals surface area contributed by atoms with E-state index in [1.165, 1.54) is 23.1 Å². The summed E-state index contributed by atoms with van der Waals surface area (Å²) in [7, 11) is 0. The van der Waals surface area contributed by atoms with Gasteiger partial charge in [0.15, 0.2) is 0 Å². The molecule has 2 fully saturated rings. The van der Waals surface area contributed by atoms with E-state index in [-0.39, 0.29) is 24.1 Å². The van der Waals surface area contributed by atoms with Crippen LogP contribution in [0.5, 0.6) is 0 Å².